The number of alkyl halides is 1. The van der Waals surface area contributed by atoms with Crippen LogP contribution in [0.2, 0.25) is 40.6 Å². The van der Waals surface area contributed by atoms with Gasteiger partial charge in [0.15, 0.2) is 16.9 Å². The summed E-state index contributed by atoms with van der Waals surface area (Å²) in [7, 11) is 1.59. The monoisotopic (exact) mass is 2180 g/mol. The molecule has 0 saturated carbocycles. The Morgan fingerprint density at radius 1 is 0.324 bits per heavy atom. The van der Waals surface area contributed by atoms with Gasteiger partial charge in [-0.05, 0) is 278 Å². The number of aromatic amines is 3. The zero-order chi connectivity index (χ0) is 104. The standard InChI is InChI=1S/C22H17ClN4O4.C21H16Cl2N2O3.C15H18N4O2.C14H15ClN4O2.C11H10BrNO2.C11H9Cl2NO.C10H7Cl2NO/c1-12-9-19-24-25-22(30)27(19)17-11-16(23)18(10-15(12)17)31-8-4-7-26-20(28)13-5-2-3-6-14(13)21(26)29;1-12-9-19(23)24-17-11-16(22)18(10-15(12)17)28-8-4-7-25-20(26)13-5-2-3-6-14(13)21(25)27;1-9-7-14-17-18-15(20)19(14)12-6-10(2)13(8-11(9)12)21-5-3-4-16;1-8-5-13-17-18-14(20)19(13)11-7-10(15)12(6-9(8)11)21-4-2-3-16;12-6-3-7-13-10(14)8-4-1-2-5-9(8)11(13)15;1-6-3-11(13)14-9-5-8(12)10(15-2)4-7(6)9;1-5-2-10(12)13-8-4-7(11)9(14)3-6(5)8/h2-3,5-6,9-11H,4,7-8H2,1H3,(H,25,30);2-3,5-6,9-11H,4,7-8H2,1H3;6-8H,3-5,16H2,1-2H3,(H,18,20);5-7H,2-4,16H2,1H3,(H,18,20);1-2,4-5H,3,6-7H2;3-5H,1-2H3;2-4,14H,1H3. The summed E-state index contributed by atoms with van der Waals surface area (Å²) in [5.74, 6) is 1.71. The van der Waals surface area contributed by atoms with E-state index < -0.39 is 0 Å². The van der Waals surface area contributed by atoms with E-state index in [2.05, 4.69) is 61.5 Å². The van der Waals surface area contributed by atoms with Crippen LogP contribution in [0.3, 0.4) is 0 Å². The number of imide groups is 3. The van der Waals surface area contributed by atoms with Crippen LogP contribution >= 0.6 is 109 Å². The van der Waals surface area contributed by atoms with Crippen LogP contribution in [0, 0.1) is 48.5 Å². The molecule has 0 saturated heterocycles. The average Bonchev–Trinajstić information content (AvgIpc) is 1.66. The highest BCUT2D eigenvalue weighted by atomic mass is 79.9. The molecule has 746 valence electrons. The minimum absolute atomic E-state index is 0.0615. The third-order valence-corrected chi connectivity index (χ3v) is 26.4. The lowest BCUT2D eigenvalue weighted by Gasteiger charge is -2.15. The highest BCUT2D eigenvalue weighted by molar-refractivity contribution is 9.09. The number of hydrogen-bond acceptors (Lipinski definition) is 23. The Morgan fingerprint density at radius 2 is 0.600 bits per heavy atom. The number of aryl methyl sites for hydroxylation is 7. The predicted octanol–water partition coefficient (Wildman–Crippen LogP) is 21.0. The fourth-order valence-corrected chi connectivity index (χ4v) is 18.6. The van der Waals surface area contributed by atoms with Gasteiger partial charge >= 0.3 is 17.1 Å². The molecule has 0 radical (unpaired) electrons. The van der Waals surface area contributed by atoms with Gasteiger partial charge in [0.05, 0.1) is 125 Å². The Bertz CT molecular complexity index is 8110. The van der Waals surface area contributed by atoms with E-state index in [1.165, 1.54) is 23.5 Å². The van der Waals surface area contributed by atoms with Crippen molar-refractivity contribution in [3.05, 3.63) is 326 Å². The fourth-order valence-electron chi connectivity index (χ4n) is 16.6. The van der Waals surface area contributed by atoms with Gasteiger partial charge in [-0.15, -0.1) is 0 Å². The lowest BCUT2D eigenvalue weighted by molar-refractivity contribution is 0.0630. The van der Waals surface area contributed by atoms with Gasteiger partial charge < -0.3 is 40.3 Å². The molecule has 9 aromatic heterocycles. The minimum Gasteiger partial charge on any atom is -0.506 e. The maximum absolute atomic E-state index is 12.4. The number of fused-ring (bicyclic) bond motifs is 15. The van der Waals surface area contributed by atoms with E-state index in [0.29, 0.717) is 183 Å². The molecule has 0 fully saturated rings. The number of nitrogens with two attached hydrogens (primary N) is 2. The third kappa shape index (κ3) is 23.1. The Morgan fingerprint density at radius 3 is 0.938 bits per heavy atom. The molecule has 0 unspecified atom stereocenters. The second-order valence-electron chi connectivity index (χ2n) is 33.6. The Kier molecular flexibility index (Phi) is 33.8. The number of pyridine rings is 6. The highest BCUT2D eigenvalue weighted by Gasteiger charge is 2.37. The molecule has 21 rings (SSSR count). The highest BCUT2D eigenvalue weighted by Crippen LogP contribution is 2.40. The Balaban J connectivity index is 0.000000130. The predicted molar refractivity (Wildman–Crippen MR) is 569 cm³/mol. The van der Waals surface area contributed by atoms with Gasteiger partial charge in [0.1, 0.15) is 50.0 Å². The van der Waals surface area contributed by atoms with E-state index >= 15 is 0 Å². The van der Waals surface area contributed by atoms with Crippen molar-refractivity contribution in [3.63, 3.8) is 0 Å². The second-order valence-corrected chi connectivity index (χ2v) is 37.6. The summed E-state index contributed by atoms with van der Waals surface area (Å²) in [6, 6.07) is 52.8. The molecule has 12 heterocycles. The number of carbonyl (C=O) groups is 6. The van der Waals surface area contributed by atoms with Gasteiger partial charge in [0.25, 0.3) is 35.4 Å². The summed E-state index contributed by atoms with van der Waals surface area (Å²) >= 11 is 51.6. The van der Waals surface area contributed by atoms with Gasteiger partial charge in [-0.1, -0.05) is 145 Å². The number of H-pyrrole nitrogens is 3. The molecule has 32 nitrogen and oxygen atoms in total. The lowest BCUT2D eigenvalue weighted by Crippen LogP contribution is -2.31. The van der Waals surface area contributed by atoms with Crippen LogP contribution in [0.4, 0.5) is 0 Å². The molecule has 9 aromatic carbocycles. The molecule has 0 aliphatic carbocycles. The van der Waals surface area contributed by atoms with Gasteiger partial charge in [0, 0.05) is 57.3 Å². The fraction of sp³-hybridized carbons (Fsp3) is 0.221. The zero-order valence-electron chi connectivity index (χ0n) is 79.0. The minimum atomic E-state index is -0.342. The molecular weight excluding hydrogens is 2090 g/mol. The van der Waals surface area contributed by atoms with Gasteiger partial charge in [0.2, 0.25) is 0 Å². The van der Waals surface area contributed by atoms with Crippen molar-refractivity contribution in [2.45, 2.75) is 80.6 Å². The van der Waals surface area contributed by atoms with Crippen LogP contribution in [0.1, 0.15) is 133 Å². The first-order chi connectivity index (χ1) is 69.6. The largest absolute Gasteiger partial charge is 0.506 e. The number of nitrogens with one attached hydrogen (secondary N) is 3. The van der Waals surface area contributed by atoms with Crippen LogP contribution in [0.5, 0.6) is 34.5 Å². The number of ether oxygens (including phenoxy) is 5. The first-order valence-electron chi connectivity index (χ1n) is 45.4. The van der Waals surface area contributed by atoms with Crippen LogP contribution in [0.15, 0.2) is 196 Å². The maximum Gasteiger partial charge on any atom is 0.348 e. The molecular formula is C104H92BrCl8N17O15. The van der Waals surface area contributed by atoms with Crippen LogP contribution < -0.4 is 52.2 Å². The van der Waals surface area contributed by atoms with Crippen molar-refractivity contribution >= 4 is 227 Å². The smallest absolute Gasteiger partial charge is 0.348 e. The van der Waals surface area contributed by atoms with Gasteiger partial charge in [-0.2, -0.15) is 15.3 Å². The number of hydrogen-bond donors (Lipinski definition) is 6. The SMILES string of the molecule is COc1cc2c(C)cc(Cl)nc2cc1Cl.Cc1cc(Cl)nc2cc(Cl)c(O)cc12.Cc1cc(Cl)nc2cc(Cl)c(OCCCN3C(=O)c4ccccc4C3=O)cc12.Cc1cc2c(cc1OCCCN)c(C)cc1n[nH]c(=O)n12.Cc1cc2n[nH]c(=O)n2c2cc(Cl)c(OCCCN)cc12.Cc1cc2n[nH]c(=O)n2c2cc(Cl)c(OCCCN3C(=O)c4ccccc4C3=O)cc12.O=C1c2ccccc2C(=O)N1CCCBr. The van der Waals surface area contributed by atoms with Crippen molar-refractivity contribution in [2.24, 2.45) is 11.5 Å². The van der Waals surface area contributed by atoms with Crippen molar-refractivity contribution in [1.82, 2.24) is 73.4 Å². The molecule has 0 atom stereocenters. The Labute approximate surface area is 875 Å². The first kappa shape index (κ1) is 105. The van der Waals surface area contributed by atoms with E-state index in [9.17, 15) is 48.3 Å². The number of amides is 6. The summed E-state index contributed by atoms with van der Waals surface area (Å²) < 4.78 is 32.7. The van der Waals surface area contributed by atoms with Gasteiger partial charge in [-0.25, -0.2) is 57.8 Å². The molecule has 41 heteroatoms. The molecule has 0 bridgehead atoms. The number of halogens is 9. The second kappa shape index (κ2) is 46.5. The first-order valence-corrected chi connectivity index (χ1v) is 49.5. The Hall–Kier alpha value is -13.8. The van der Waals surface area contributed by atoms with Crippen molar-refractivity contribution in [3.8, 4) is 34.5 Å². The topological polar surface area (TPSA) is 420 Å². The molecule has 3 aliphatic heterocycles. The van der Waals surface area contributed by atoms with Crippen molar-refractivity contribution in [1.29, 1.82) is 0 Å². The van der Waals surface area contributed by atoms with E-state index in [4.69, 9.17) is 128 Å². The summed E-state index contributed by atoms with van der Waals surface area (Å²) in [5.41, 5.74) is 25.9. The number of nitrogens with zero attached hydrogens (tertiary/aromatic N) is 12. The summed E-state index contributed by atoms with van der Waals surface area (Å²) in [6.45, 7) is 17.5. The van der Waals surface area contributed by atoms with Crippen LogP contribution in [0.25, 0.3) is 82.4 Å². The number of aromatic hydroxyl groups is 1. The number of rotatable bonds is 22. The van der Waals surface area contributed by atoms with Crippen molar-refractivity contribution in [2.75, 3.05) is 71.6 Å². The summed E-state index contributed by atoms with van der Waals surface area (Å²) in [6.07, 6.45) is 3.31. The molecule has 6 amide bonds. The molecule has 18 aromatic rings. The maximum atomic E-state index is 12.4. The number of benzene rings is 9. The molecule has 145 heavy (non-hydrogen) atoms. The number of phenolic OH excluding ortho intramolecular Hbond substituents is 1. The number of phenols is 1. The number of aromatic nitrogens is 12. The summed E-state index contributed by atoms with van der Waals surface area (Å²) in [4.78, 5) is 125. The van der Waals surface area contributed by atoms with E-state index in [1.807, 2.05) is 97.0 Å². The van der Waals surface area contributed by atoms with Gasteiger partial charge in [-0.3, -0.25) is 43.5 Å². The number of carbonyl (C=O) groups excluding carboxylic acids is 6. The number of methoxy groups -OCH3 is 1. The van der Waals surface area contributed by atoms with E-state index in [-0.39, 0.29) is 83.0 Å². The average molecular weight is 2180 g/mol. The normalized spacial score (nSPS) is 12.4. The van der Waals surface area contributed by atoms with E-state index in [1.54, 1.807) is 145 Å². The quantitative estimate of drug-likeness (QED) is 0.0159. The zero-order valence-corrected chi connectivity index (χ0v) is 86.6. The third-order valence-electron chi connectivity index (χ3n) is 23.8. The van der Waals surface area contributed by atoms with Crippen molar-refractivity contribution < 1.29 is 57.6 Å². The molecule has 3 aliphatic rings. The summed E-state index contributed by atoms with van der Waals surface area (Å²) in [5, 5.41) is 38.4. The van der Waals surface area contributed by atoms with E-state index in [0.717, 1.165) is 113 Å². The van der Waals surface area contributed by atoms with Crippen LogP contribution in [-0.2, 0) is 0 Å². The van der Waals surface area contributed by atoms with Crippen LogP contribution in [-0.4, -0.2) is 186 Å². The molecule has 0 spiro atoms. The lowest BCUT2D eigenvalue weighted by atomic mass is 10.1. The molecule has 8 N–H and O–H groups in total.